The Labute approximate surface area is 142 Å². The Bertz CT molecular complexity index is 783. The van der Waals surface area contributed by atoms with Crippen molar-refractivity contribution < 1.29 is 9.59 Å². The highest BCUT2D eigenvalue weighted by Crippen LogP contribution is 2.22. The number of nitriles is 1. The second kappa shape index (κ2) is 7.63. The van der Waals surface area contributed by atoms with Gasteiger partial charge in [-0.3, -0.25) is 9.59 Å². The average molecular weight is 348 g/mol. The summed E-state index contributed by atoms with van der Waals surface area (Å²) in [4.78, 5) is 23.7. The van der Waals surface area contributed by atoms with Crippen LogP contribution in [0.1, 0.15) is 15.9 Å². The maximum atomic E-state index is 11.9. The van der Waals surface area contributed by atoms with Gasteiger partial charge < -0.3 is 10.6 Å². The van der Waals surface area contributed by atoms with E-state index in [-0.39, 0.29) is 17.5 Å². The molecular formula is C16H11Cl2N3O2. The van der Waals surface area contributed by atoms with E-state index in [2.05, 4.69) is 10.6 Å². The Balaban J connectivity index is 1.89. The normalized spacial score (nSPS) is 9.78. The third-order valence-electron chi connectivity index (χ3n) is 2.89. The molecule has 7 heteroatoms. The zero-order valence-electron chi connectivity index (χ0n) is 11.8. The van der Waals surface area contributed by atoms with Crippen molar-refractivity contribution in [2.45, 2.75) is 0 Å². The summed E-state index contributed by atoms with van der Waals surface area (Å²) in [5, 5.41) is 14.4. The lowest BCUT2D eigenvalue weighted by Gasteiger charge is -2.07. The predicted octanol–water partition coefficient (Wildman–Crippen LogP) is 3.23. The summed E-state index contributed by atoms with van der Waals surface area (Å²) in [6.45, 7) is -0.195. The maximum Gasteiger partial charge on any atom is 0.251 e. The van der Waals surface area contributed by atoms with Gasteiger partial charge >= 0.3 is 0 Å². The summed E-state index contributed by atoms with van der Waals surface area (Å²) >= 11 is 11.6. The van der Waals surface area contributed by atoms with E-state index in [1.54, 1.807) is 24.3 Å². The number of rotatable bonds is 4. The van der Waals surface area contributed by atoms with Crippen molar-refractivity contribution in [1.82, 2.24) is 5.32 Å². The van der Waals surface area contributed by atoms with Crippen LogP contribution in [0, 0.1) is 11.3 Å². The molecule has 0 radical (unpaired) electrons. The number of benzene rings is 2. The van der Waals surface area contributed by atoms with Gasteiger partial charge in [-0.25, -0.2) is 0 Å². The fourth-order valence-corrected chi connectivity index (χ4v) is 2.03. The van der Waals surface area contributed by atoms with E-state index in [1.807, 2.05) is 6.07 Å². The Morgan fingerprint density at radius 1 is 1.04 bits per heavy atom. The molecule has 5 nitrogen and oxygen atoms in total. The molecule has 2 aromatic carbocycles. The summed E-state index contributed by atoms with van der Waals surface area (Å²) < 4.78 is 0. The highest BCUT2D eigenvalue weighted by Gasteiger charge is 2.10. The molecule has 2 amide bonds. The third kappa shape index (κ3) is 4.71. The fourth-order valence-electron chi connectivity index (χ4n) is 1.73. The second-order valence-electron chi connectivity index (χ2n) is 4.55. The summed E-state index contributed by atoms with van der Waals surface area (Å²) in [6, 6.07) is 12.8. The smallest absolute Gasteiger partial charge is 0.251 e. The average Bonchev–Trinajstić information content (AvgIpc) is 2.56. The molecule has 0 saturated carbocycles. The first kappa shape index (κ1) is 16.8. The molecule has 0 heterocycles. The Morgan fingerprint density at radius 2 is 1.74 bits per heavy atom. The number of nitrogens with one attached hydrogen (secondary N) is 2. The van der Waals surface area contributed by atoms with Crippen LogP contribution in [0.15, 0.2) is 42.5 Å². The van der Waals surface area contributed by atoms with E-state index in [9.17, 15) is 9.59 Å². The first-order valence-corrected chi connectivity index (χ1v) is 7.28. The van der Waals surface area contributed by atoms with Gasteiger partial charge in [0.25, 0.3) is 5.91 Å². The number of nitrogens with zero attached hydrogens (tertiary/aromatic N) is 1. The van der Waals surface area contributed by atoms with Crippen molar-refractivity contribution in [2.24, 2.45) is 0 Å². The minimum Gasteiger partial charge on any atom is -0.343 e. The molecule has 0 atom stereocenters. The standard InChI is InChI=1S/C16H11Cl2N3O2/c17-13-6-3-11(7-14(13)18)16(23)20-9-15(22)21-12-4-1-10(8-19)2-5-12/h1-7H,9H2,(H,20,23)(H,21,22). The van der Waals surface area contributed by atoms with Crippen molar-refractivity contribution in [1.29, 1.82) is 5.26 Å². The third-order valence-corrected chi connectivity index (χ3v) is 3.63. The van der Waals surface area contributed by atoms with Crippen molar-refractivity contribution >= 4 is 40.7 Å². The first-order valence-electron chi connectivity index (χ1n) is 6.53. The quantitative estimate of drug-likeness (QED) is 0.890. The van der Waals surface area contributed by atoms with Crippen molar-refractivity contribution in [2.75, 3.05) is 11.9 Å². The minimum absolute atomic E-state index is 0.195. The fraction of sp³-hybridized carbons (Fsp3) is 0.0625. The van der Waals surface area contributed by atoms with Crippen LogP contribution in [0.3, 0.4) is 0 Å². The van der Waals surface area contributed by atoms with Crippen LogP contribution in [0.5, 0.6) is 0 Å². The highest BCUT2D eigenvalue weighted by atomic mass is 35.5. The molecule has 0 spiro atoms. The van der Waals surface area contributed by atoms with Crippen LogP contribution in [0.2, 0.25) is 10.0 Å². The van der Waals surface area contributed by atoms with Gasteiger partial charge in [-0.15, -0.1) is 0 Å². The van der Waals surface area contributed by atoms with Gasteiger partial charge in [0.1, 0.15) is 0 Å². The molecule has 23 heavy (non-hydrogen) atoms. The zero-order valence-corrected chi connectivity index (χ0v) is 13.3. The van der Waals surface area contributed by atoms with Gasteiger partial charge in [0.2, 0.25) is 5.91 Å². The van der Waals surface area contributed by atoms with Crippen molar-refractivity contribution in [3.8, 4) is 6.07 Å². The Hall–Kier alpha value is -2.55. The highest BCUT2D eigenvalue weighted by molar-refractivity contribution is 6.42. The summed E-state index contributed by atoms with van der Waals surface area (Å²) in [6.07, 6.45) is 0. The van der Waals surface area contributed by atoms with E-state index in [0.717, 1.165) is 0 Å². The number of anilines is 1. The van der Waals surface area contributed by atoms with Crippen molar-refractivity contribution in [3.05, 3.63) is 63.6 Å². The lowest BCUT2D eigenvalue weighted by molar-refractivity contribution is -0.115. The molecule has 0 saturated heterocycles. The lowest BCUT2D eigenvalue weighted by atomic mass is 10.2. The molecule has 116 valence electrons. The molecule has 0 aliphatic heterocycles. The predicted molar refractivity (Wildman–Crippen MR) is 88.6 cm³/mol. The molecular weight excluding hydrogens is 337 g/mol. The topological polar surface area (TPSA) is 82.0 Å². The van der Waals surface area contributed by atoms with E-state index in [0.29, 0.717) is 21.8 Å². The van der Waals surface area contributed by atoms with Crippen molar-refractivity contribution in [3.63, 3.8) is 0 Å². The molecule has 0 aromatic heterocycles. The van der Waals surface area contributed by atoms with Gasteiger partial charge in [-0.2, -0.15) is 5.26 Å². The summed E-state index contributed by atoms with van der Waals surface area (Å²) in [7, 11) is 0. The van der Waals surface area contributed by atoms with Crippen LogP contribution in [0.25, 0.3) is 0 Å². The van der Waals surface area contributed by atoms with E-state index >= 15 is 0 Å². The number of carbonyl (C=O) groups excluding carboxylic acids is 2. The number of amides is 2. The van der Waals surface area contributed by atoms with Crippen LogP contribution in [-0.2, 0) is 4.79 Å². The molecule has 2 N–H and O–H groups in total. The Morgan fingerprint density at radius 3 is 2.35 bits per heavy atom. The van der Waals surface area contributed by atoms with Crippen LogP contribution in [-0.4, -0.2) is 18.4 Å². The van der Waals surface area contributed by atoms with Gasteiger partial charge in [-0.05, 0) is 42.5 Å². The zero-order chi connectivity index (χ0) is 16.8. The number of hydrogen-bond acceptors (Lipinski definition) is 3. The summed E-state index contributed by atoms with van der Waals surface area (Å²) in [5.41, 5.74) is 1.35. The molecule has 0 aliphatic carbocycles. The monoisotopic (exact) mass is 347 g/mol. The molecule has 2 aromatic rings. The SMILES string of the molecule is N#Cc1ccc(NC(=O)CNC(=O)c2ccc(Cl)c(Cl)c2)cc1. The van der Waals surface area contributed by atoms with Crippen LogP contribution >= 0.6 is 23.2 Å². The second-order valence-corrected chi connectivity index (χ2v) is 5.36. The number of hydrogen-bond donors (Lipinski definition) is 2. The number of carbonyl (C=O) groups is 2. The minimum atomic E-state index is -0.432. The molecule has 0 aliphatic rings. The van der Waals surface area contributed by atoms with E-state index < -0.39 is 5.91 Å². The first-order chi connectivity index (χ1) is 11.0. The number of halogens is 2. The summed E-state index contributed by atoms with van der Waals surface area (Å²) in [5.74, 6) is -0.818. The van der Waals surface area contributed by atoms with Crippen LogP contribution in [0.4, 0.5) is 5.69 Å². The van der Waals surface area contributed by atoms with Gasteiger partial charge in [-0.1, -0.05) is 23.2 Å². The van der Waals surface area contributed by atoms with Gasteiger partial charge in [0.05, 0.1) is 28.2 Å². The largest absolute Gasteiger partial charge is 0.343 e. The van der Waals surface area contributed by atoms with E-state index in [1.165, 1.54) is 18.2 Å². The van der Waals surface area contributed by atoms with Gasteiger partial charge in [0.15, 0.2) is 0 Å². The Kier molecular flexibility index (Phi) is 5.58. The molecule has 0 bridgehead atoms. The lowest BCUT2D eigenvalue weighted by Crippen LogP contribution is -2.32. The molecule has 0 unspecified atom stereocenters. The van der Waals surface area contributed by atoms with E-state index in [4.69, 9.17) is 28.5 Å². The maximum absolute atomic E-state index is 11.9. The van der Waals surface area contributed by atoms with Crippen LogP contribution < -0.4 is 10.6 Å². The molecule has 2 rings (SSSR count). The molecule has 0 fully saturated rings. The van der Waals surface area contributed by atoms with Gasteiger partial charge in [0, 0.05) is 11.3 Å².